The molecule has 2 N–H and O–H groups in total. The van der Waals surface area contributed by atoms with Gasteiger partial charge in [-0.2, -0.15) is 0 Å². The van der Waals surface area contributed by atoms with Crippen molar-refractivity contribution in [3.8, 4) is 11.5 Å². The van der Waals surface area contributed by atoms with Crippen molar-refractivity contribution in [2.45, 2.75) is 0 Å². The van der Waals surface area contributed by atoms with Crippen molar-refractivity contribution in [1.29, 1.82) is 0 Å². The van der Waals surface area contributed by atoms with E-state index in [0.717, 1.165) is 34.4 Å². The second-order valence-corrected chi connectivity index (χ2v) is 7.72. The molecule has 1 saturated heterocycles. The van der Waals surface area contributed by atoms with Gasteiger partial charge in [0.25, 0.3) is 11.6 Å². The Morgan fingerprint density at radius 2 is 2.03 bits per heavy atom. The van der Waals surface area contributed by atoms with Crippen LogP contribution in [0.15, 0.2) is 47.4 Å². The smallest absolute Gasteiger partial charge is 0.273 e. The number of nitro benzene ring substituents is 1. The second-order valence-electron chi connectivity index (χ2n) is 6.05. The number of nitrogens with one attached hydrogen (secondary N) is 1. The number of methoxy groups -OCH3 is 1. The van der Waals surface area contributed by atoms with Gasteiger partial charge < -0.3 is 15.2 Å². The lowest BCUT2D eigenvalue weighted by atomic mass is 10.2. The quantitative estimate of drug-likeness (QED) is 0.229. The standard InChI is InChI=1S/C19H15N3O6S2/c1-28-13-5-2-11(3-6-13)8-16-18(25)21(19(29)30-16)10-17(24)20-14-7-4-12(22(26)27)9-15(14)23/h2-9,23H,10H2,1H3,(H,20,24)/b16-8-. The summed E-state index contributed by atoms with van der Waals surface area (Å²) in [6.07, 6.45) is 1.67. The van der Waals surface area contributed by atoms with E-state index in [1.165, 1.54) is 6.07 Å². The van der Waals surface area contributed by atoms with Gasteiger partial charge in [0.15, 0.2) is 0 Å². The van der Waals surface area contributed by atoms with Gasteiger partial charge in [-0.1, -0.05) is 36.1 Å². The molecule has 2 amide bonds. The number of ether oxygens (including phenoxy) is 1. The van der Waals surface area contributed by atoms with Crippen LogP contribution >= 0.6 is 24.0 Å². The number of thioether (sulfide) groups is 1. The molecule has 0 unspecified atom stereocenters. The number of phenolic OH excluding ortho intramolecular Hbond substituents is 1. The Balaban J connectivity index is 1.68. The van der Waals surface area contributed by atoms with Crippen LogP contribution in [0.4, 0.5) is 11.4 Å². The zero-order valence-electron chi connectivity index (χ0n) is 15.5. The van der Waals surface area contributed by atoms with E-state index in [2.05, 4.69) is 5.32 Å². The molecule has 11 heteroatoms. The highest BCUT2D eigenvalue weighted by atomic mass is 32.2. The van der Waals surface area contributed by atoms with E-state index in [0.29, 0.717) is 10.7 Å². The molecule has 1 heterocycles. The van der Waals surface area contributed by atoms with Crippen molar-refractivity contribution in [2.24, 2.45) is 0 Å². The van der Waals surface area contributed by atoms with E-state index in [1.54, 1.807) is 37.5 Å². The molecular weight excluding hydrogens is 430 g/mol. The maximum atomic E-state index is 12.6. The number of nitrogens with zero attached hydrogens (tertiary/aromatic N) is 2. The minimum Gasteiger partial charge on any atom is -0.506 e. The first-order valence-electron chi connectivity index (χ1n) is 8.45. The Morgan fingerprint density at radius 1 is 1.33 bits per heavy atom. The van der Waals surface area contributed by atoms with Gasteiger partial charge in [0.2, 0.25) is 5.91 Å². The number of hydrogen-bond acceptors (Lipinski definition) is 8. The van der Waals surface area contributed by atoms with Gasteiger partial charge in [-0.3, -0.25) is 24.6 Å². The number of rotatable bonds is 6. The Bertz CT molecular complexity index is 1070. The highest BCUT2D eigenvalue weighted by molar-refractivity contribution is 8.26. The maximum absolute atomic E-state index is 12.6. The minimum absolute atomic E-state index is 0.00943. The van der Waals surface area contributed by atoms with Gasteiger partial charge in [0, 0.05) is 6.07 Å². The number of carbonyl (C=O) groups is 2. The third-order valence-corrected chi connectivity index (χ3v) is 5.43. The fourth-order valence-electron chi connectivity index (χ4n) is 2.56. The molecule has 0 spiro atoms. The van der Waals surface area contributed by atoms with Crippen LogP contribution in [0.25, 0.3) is 6.08 Å². The molecule has 0 aromatic heterocycles. The van der Waals surface area contributed by atoms with E-state index in [9.17, 15) is 24.8 Å². The number of amides is 2. The van der Waals surface area contributed by atoms with Crippen molar-refractivity contribution < 1.29 is 24.4 Å². The highest BCUT2D eigenvalue weighted by Crippen LogP contribution is 2.33. The van der Waals surface area contributed by atoms with Gasteiger partial charge >= 0.3 is 0 Å². The summed E-state index contributed by atoms with van der Waals surface area (Å²) in [4.78, 5) is 36.5. The fraction of sp³-hybridized carbons (Fsp3) is 0.105. The Labute approximate surface area is 180 Å². The zero-order valence-corrected chi connectivity index (χ0v) is 17.2. The van der Waals surface area contributed by atoms with Crippen LogP contribution < -0.4 is 10.1 Å². The van der Waals surface area contributed by atoms with E-state index in [-0.39, 0.29) is 22.2 Å². The Hall–Kier alpha value is -3.44. The minimum atomic E-state index is -0.666. The molecular formula is C19H15N3O6S2. The van der Waals surface area contributed by atoms with Crippen molar-refractivity contribution in [3.05, 3.63) is 63.0 Å². The molecule has 3 rings (SSSR count). The molecule has 1 aliphatic rings. The lowest BCUT2D eigenvalue weighted by Crippen LogP contribution is -2.36. The van der Waals surface area contributed by atoms with Crippen molar-refractivity contribution >= 4 is 57.6 Å². The Kier molecular flexibility index (Phi) is 6.33. The van der Waals surface area contributed by atoms with E-state index in [4.69, 9.17) is 17.0 Å². The third-order valence-electron chi connectivity index (χ3n) is 4.06. The number of non-ortho nitro benzene ring substituents is 1. The highest BCUT2D eigenvalue weighted by Gasteiger charge is 2.33. The van der Waals surface area contributed by atoms with Crippen molar-refractivity contribution in [3.63, 3.8) is 0 Å². The lowest BCUT2D eigenvalue weighted by Gasteiger charge is -2.14. The monoisotopic (exact) mass is 445 g/mol. The van der Waals surface area contributed by atoms with Crippen LogP contribution in [0, 0.1) is 10.1 Å². The molecule has 9 nitrogen and oxygen atoms in total. The third kappa shape index (κ3) is 4.75. The number of thiocarbonyl (C=S) groups is 1. The predicted molar refractivity (Wildman–Crippen MR) is 116 cm³/mol. The van der Waals surface area contributed by atoms with Gasteiger partial charge in [0.1, 0.15) is 22.4 Å². The largest absolute Gasteiger partial charge is 0.506 e. The summed E-state index contributed by atoms with van der Waals surface area (Å²) in [6.45, 7) is -0.360. The number of nitro groups is 1. The van der Waals surface area contributed by atoms with Gasteiger partial charge in [0.05, 0.1) is 28.7 Å². The Morgan fingerprint density at radius 3 is 2.63 bits per heavy atom. The fourth-order valence-corrected chi connectivity index (χ4v) is 3.82. The molecule has 0 aliphatic carbocycles. The van der Waals surface area contributed by atoms with Crippen LogP contribution in [-0.2, 0) is 9.59 Å². The molecule has 0 bridgehead atoms. The van der Waals surface area contributed by atoms with E-state index < -0.39 is 22.5 Å². The molecule has 0 radical (unpaired) electrons. The molecule has 1 fully saturated rings. The zero-order chi connectivity index (χ0) is 21.8. The van der Waals surface area contributed by atoms with Crippen LogP contribution in [-0.4, -0.2) is 44.7 Å². The van der Waals surface area contributed by atoms with E-state index >= 15 is 0 Å². The number of carbonyl (C=O) groups excluding carboxylic acids is 2. The number of aromatic hydroxyl groups is 1. The molecule has 2 aromatic carbocycles. The average molecular weight is 445 g/mol. The summed E-state index contributed by atoms with van der Waals surface area (Å²) in [5.74, 6) is -0.793. The molecule has 2 aromatic rings. The topological polar surface area (TPSA) is 122 Å². The van der Waals surface area contributed by atoms with Gasteiger partial charge in [-0.15, -0.1) is 0 Å². The summed E-state index contributed by atoms with van der Waals surface area (Å²) in [6, 6.07) is 10.4. The van der Waals surface area contributed by atoms with Crippen LogP contribution in [0.2, 0.25) is 0 Å². The summed E-state index contributed by atoms with van der Waals surface area (Å²) in [7, 11) is 1.56. The first kappa shape index (κ1) is 21.3. The number of benzene rings is 2. The van der Waals surface area contributed by atoms with Crippen LogP contribution in [0.1, 0.15) is 5.56 Å². The van der Waals surface area contributed by atoms with Crippen molar-refractivity contribution in [2.75, 3.05) is 19.0 Å². The molecule has 1 aliphatic heterocycles. The van der Waals surface area contributed by atoms with Crippen LogP contribution in [0.3, 0.4) is 0 Å². The maximum Gasteiger partial charge on any atom is 0.273 e. The summed E-state index contributed by atoms with van der Waals surface area (Å²) < 4.78 is 5.32. The number of phenols is 1. The lowest BCUT2D eigenvalue weighted by molar-refractivity contribution is -0.384. The molecule has 0 atom stereocenters. The van der Waals surface area contributed by atoms with Crippen molar-refractivity contribution in [1.82, 2.24) is 4.90 Å². The molecule has 30 heavy (non-hydrogen) atoms. The molecule has 0 saturated carbocycles. The summed E-state index contributed by atoms with van der Waals surface area (Å²) >= 11 is 6.28. The van der Waals surface area contributed by atoms with Gasteiger partial charge in [-0.05, 0) is 29.8 Å². The average Bonchev–Trinajstić information content (AvgIpc) is 2.97. The first-order valence-corrected chi connectivity index (χ1v) is 9.67. The number of anilines is 1. The predicted octanol–water partition coefficient (Wildman–Crippen LogP) is 3.15. The SMILES string of the molecule is COc1ccc(/C=C2\SC(=S)N(CC(=O)Nc3ccc([N+](=O)[O-])cc3O)C2=O)cc1. The summed E-state index contributed by atoms with van der Waals surface area (Å²) in [5, 5.41) is 23.0. The number of hydrogen-bond donors (Lipinski definition) is 2. The van der Waals surface area contributed by atoms with Crippen LogP contribution in [0.5, 0.6) is 11.5 Å². The normalized spacial score (nSPS) is 14.8. The first-order chi connectivity index (χ1) is 14.3. The van der Waals surface area contributed by atoms with Gasteiger partial charge in [-0.25, -0.2) is 0 Å². The van der Waals surface area contributed by atoms with E-state index in [1.807, 2.05) is 0 Å². The summed E-state index contributed by atoms with van der Waals surface area (Å²) in [5.41, 5.74) is 0.451. The second kappa shape index (κ2) is 8.93. The molecule has 154 valence electrons.